The Balaban J connectivity index is 1.87. The van der Waals surface area contributed by atoms with Gasteiger partial charge in [0.15, 0.2) is 0 Å². The van der Waals surface area contributed by atoms with Crippen molar-refractivity contribution in [1.29, 1.82) is 0 Å². The maximum atomic E-state index is 12.4. The maximum Gasteiger partial charge on any atom is 0.223 e. The molecular formula is C17H25NO. The first-order chi connectivity index (χ1) is 9.29. The molecule has 0 radical (unpaired) electrons. The molecule has 104 valence electrons. The molecule has 1 aliphatic carbocycles. The highest BCUT2D eigenvalue weighted by atomic mass is 16.2. The van der Waals surface area contributed by atoms with Gasteiger partial charge in [-0.2, -0.15) is 0 Å². The highest BCUT2D eigenvalue weighted by Gasteiger charge is 2.20. The van der Waals surface area contributed by atoms with E-state index in [4.69, 9.17) is 0 Å². The molecule has 0 unspecified atom stereocenters. The molecule has 1 saturated carbocycles. The van der Waals surface area contributed by atoms with Gasteiger partial charge in [-0.05, 0) is 31.2 Å². The van der Waals surface area contributed by atoms with Crippen LogP contribution < -0.4 is 0 Å². The predicted octanol–water partition coefficient (Wildman–Crippen LogP) is 4.01. The Hall–Kier alpha value is -1.31. The van der Waals surface area contributed by atoms with Crippen molar-refractivity contribution in [3.8, 4) is 0 Å². The largest absolute Gasteiger partial charge is 0.339 e. The first-order valence-electron chi connectivity index (χ1n) is 7.61. The van der Waals surface area contributed by atoms with Crippen LogP contribution >= 0.6 is 0 Å². The summed E-state index contributed by atoms with van der Waals surface area (Å²) in [4.78, 5) is 14.4. The summed E-state index contributed by atoms with van der Waals surface area (Å²) >= 11 is 0. The SMILES string of the molecule is CCN(Cc1ccccc1)C(=O)CC1CCCCC1. The van der Waals surface area contributed by atoms with Gasteiger partial charge in [-0.3, -0.25) is 4.79 Å². The quantitative estimate of drug-likeness (QED) is 0.782. The van der Waals surface area contributed by atoms with E-state index < -0.39 is 0 Å². The van der Waals surface area contributed by atoms with Crippen LogP contribution in [0.2, 0.25) is 0 Å². The molecule has 1 aromatic rings. The number of benzene rings is 1. The molecule has 1 amide bonds. The molecule has 2 heteroatoms. The Kier molecular flexibility index (Phi) is 5.44. The Morgan fingerprint density at radius 3 is 2.47 bits per heavy atom. The van der Waals surface area contributed by atoms with Gasteiger partial charge in [0.05, 0.1) is 0 Å². The summed E-state index contributed by atoms with van der Waals surface area (Å²) in [5.74, 6) is 0.962. The molecule has 2 rings (SSSR count). The van der Waals surface area contributed by atoms with Crippen molar-refractivity contribution >= 4 is 5.91 Å². The molecule has 0 spiro atoms. The van der Waals surface area contributed by atoms with Gasteiger partial charge in [0.1, 0.15) is 0 Å². The number of carbonyl (C=O) groups is 1. The molecule has 1 aromatic carbocycles. The molecule has 0 N–H and O–H groups in total. The third kappa shape index (κ3) is 4.38. The van der Waals surface area contributed by atoms with Crippen molar-refractivity contribution in [3.63, 3.8) is 0 Å². The third-order valence-corrected chi connectivity index (χ3v) is 4.14. The predicted molar refractivity (Wildman–Crippen MR) is 78.7 cm³/mol. The first kappa shape index (κ1) is 14.1. The van der Waals surface area contributed by atoms with Crippen molar-refractivity contribution in [2.75, 3.05) is 6.54 Å². The standard InChI is InChI=1S/C17H25NO/c1-2-18(14-16-11-7-4-8-12-16)17(19)13-15-9-5-3-6-10-15/h4,7-8,11-12,15H,2-3,5-6,9-10,13-14H2,1H3. The van der Waals surface area contributed by atoms with E-state index in [1.807, 2.05) is 23.1 Å². The smallest absolute Gasteiger partial charge is 0.223 e. The zero-order chi connectivity index (χ0) is 13.5. The molecule has 0 heterocycles. The highest BCUT2D eigenvalue weighted by Crippen LogP contribution is 2.27. The lowest BCUT2D eigenvalue weighted by Gasteiger charge is -2.26. The van der Waals surface area contributed by atoms with Crippen molar-refractivity contribution in [2.24, 2.45) is 5.92 Å². The van der Waals surface area contributed by atoms with Crippen LogP contribution in [0.4, 0.5) is 0 Å². The van der Waals surface area contributed by atoms with E-state index in [2.05, 4.69) is 19.1 Å². The minimum absolute atomic E-state index is 0.332. The second kappa shape index (κ2) is 7.32. The number of rotatable bonds is 5. The van der Waals surface area contributed by atoms with Crippen LogP contribution in [0.3, 0.4) is 0 Å². The van der Waals surface area contributed by atoms with Gasteiger partial charge >= 0.3 is 0 Å². The summed E-state index contributed by atoms with van der Waals surface area (Å²) in [5, 5.41) is 0. The zero-order valence-electron chi connectivity index (χ0n) is 12.0. The number of amides is 1. The lowest BCUT2D eigenvalue weighted by atomic mass is 9.86. The lowest BCUT2D eigenvalue weighted by molar-refractivity contribution is -0.132. The molecule has 1 aliphatic rings. The Morgan fingerprint density at radius 2 is 1.84 bits per heavy atom. The topological polar surface area (TPSA) is 20.3 Å². The van der Waals surface area contributed by atoms with E-state index in [9.17, 15) is 4.79 Å². The highest BCUT2D eigenvalue weighted by molar-refractivity contribution is 5.76. The molecule has 1 fully saturated rings. The van der Waals surface area contributed by atoms with Crippen molar-refractivity contribution in [3.05, 3.63) is 35.9 Å². The van der Waals surface area contributed by atoms with E-state index in [-0.39, 0.29) is 0 Å². The monoisotopic (exact) mass is 259 g/mol. The van der Waals surface area contributed by atoms with E-state index in [1.54, 1.807) is 0 Å². The van der Waals surface area contributed by atoms with E-state index in [0.717, 1.165) is 19.5 Å². The Morgan fingerprint density at radius 1 is 1.16 bits per heavy atom. The number of nitrogens with zero attached hydrogens (tertiary/aromatic N) is 1. The molecule has 0 bridgehead atoms. The van der Waals surface area contributed by atoms with Gasteiger partial charge in [0.2, 0.25) is 5.91 Å². The maximum absolute atomic E-state index is 12.4. The number of hydrogen-bond acceptors (Lipinski definition) is 1. The van der Waals surface area contributed by atoms with Crippen LogP contribution in [0, 0.1) is 5.92 Å². The third-order valence-electron chi connectivity index (χ3n) is 4.14. The second-order valence-corrected chi connectivity index (χ2v) is 5.60. The van der Waals surface area contributed by atoms with E-state index in [0.29, 0.717) is 11.8 Å². The fourth-order valence-electron chi connectivity index (χ4n) is 2.95. The molecule has 0 aliphatic heterocycles. The fraction of sp³-hybridized carbons (Fsp3) is 0.588. The van der Waals surface area contributed by atoms with Crippen LogP contribution in [-0.2, 0) is 11.3 Å². The molecule has 2 nitrogen and oxygen atoms in total. The Bertz CT molecular complexity index is 382. The zero-order valence-corrected chi connectivity index (χ0v) is 12.0. The second-order valence-electron chi connectivity index (χ2n) is 5.60. The summed E-state index contributed by atoms with van der Waals surface area (Å²) in [6.07, 6.45) is 7.21. The van der Waals surface area contributed by atoms with Gasteiger partial charge in [0, 0.05) is 19.5 Å². The summed E-state index contributed by atoms with van der Waals surface area (Å²) in [7, 11) is 0. The number of carbonyl (C=O) groups excluding carboxylic acids is 1. The normalized spacial score (nSPS) is 16.3. The summed E-state index contributed by atoms with van der Waals surface area (Å²) in [5.41, 5.74) is 1.22. The van der Waals surface area contributed by atoms with Gasteiger partial charge in [-0.1, -0.05) is 49.6 Å². The van der Waals surface area contributed by atoms with Crippen LogP contribution in [0.5, 0.6) is 0 Å². The first-order valence-corrected chi connectivity index (χ1v) is 7.61. The number of hydrogen-bond donors (Lipinski definition) is 0. The lowest BCUT2D eigenvalue weighted by Crippen LogP contribution is -2.32. The van der Waals surface area contributed by atoms with E-state index >= 15 is 0 Å². The van der Waals surface area contributed by atoms with Gasteiger partial charge in [0.25, 0.3) is 0 Å². The molecular weight excluding hydrogens is 234 g/mol. The molecule has 0 saturated heterocycles. The molecule has 0 atom stereocenters. The minimum Gasteiger partial charge on any atom is -0.339 e. The van der Waals surface area contributed by atoms with Gasteiger partial charge in [-0.25, -0.2) is 0 Å². The summed E-state index contributed by atoms with van der Waals surface area (Å²) in [6.45, 7) is 3.63. The molecule has 0 aromatic heterocycles. The van der Waals surface area contributed by atoms with Gasteiger partial charge in [-0.15, -0.1) is 0 Å². The van der Waals surface area contributed by atoms with Gasteiger partial charge < -0.3 is 4.90 Å². The summed E-state index contributed by atoms with van der Waals surface area (Å²) in [6, 6.07) is 10.3. The Labute approximate surface area is 116 Å². The minimum atomic E-state index is 0.332. The van der Waals surface area contributed by atoms with Crippen LogP contribution in [-0.4, -0.2) is 17.4 Å². The van der Waals surface area contributed by atoms with Crippen LogP contribution in [0.25, 0.3) is 0 Å². The summed E-state index contributed by atoms with van der Waals surface area (Å²) < 4.78 is 0. The molecule has 19 heavy (non-hydrogen) atoms. The fourth-order valence-corrected chi connectivity index (χ4v) is 2.95. The average Bonchev–Trinajstić information content (AvgIpc) is 2.47. The van der Waals surface area contributed by atoms with Crippen LogP contribution in [0.1, 0.15) is 51.0 Å². The van der Waals surface area contributed by atoms with E-state index in [1.165, 1.54) is 37.7 Å². The van der Waals surface area contributed by atoms with Crippen LogP contribution in [0.15, 0.2) is 30.3 Å². The van der Waals surface area contributed by atoms with Crippen molar-refractivity contribution in [1.82, 2.24) is 4.90 Å². The van der Waals surface area contributed by atoms with Crippen molar-refractivity contribution < 1.29 is 4.79 Å². The average molecular weight is 259 g/mol. The van der Waals surface area contributed by atoms with Crippen molar-refractivity contribution in [2.45, 2.75) is 52.0 Å².